The molecular formula is C16H28O2. The summed E-state index contributed by atoms with van der Waals surface area (Å²) < 4.78 is 5.76. The van der Waals surface area contributed by atoms with Gasteiger partial charge in [0.15, 0.2) is 0 Å². The largest absolute Gasteiger partial charge is 0.493 e. The molecule has 0 fully saturated rings. The summed E-state index contributed by atoms with van der Waals surface area (Å²) in [5, 5.41) is 9.49. The Hall–Kier alpha value is -1.02. The van der Waals surface area contributed by atoms with Gasteiger partial charge in [0.25, 0.3) is 0 Å². The molecule has 1 N–H and O–H groups in total. The lowest BCUT2D eigenvalue weighted by molar-refractivity contribution is 0.0830. The van der Waals surface area contributed by atoms with Crippen molar-refractivity contribution in [1.29, 1.82) is 0 Å². The maximum absolute atomic E-state index is 9.49. The minimum Gasteiger partial charge on any atom is -0.493 e. The lowest BCUT2D eigenvalue weighted by Crippen LogP contribution is -2.25. The number of hydrogen-bond acceptors (Lipinski definition) is 2. The Balaban J connectivity index is 0.00000137. The van der Waals surface area contributed by atoms with Gasteiger partial charge in [-0.25, -0.2) is 0 Å². The molecule has 0 aliphatic carbocycles. The zero-order chi connectivity index (χ0) is 14.1. The summed E-state index contributed by atoms with van der Waals surface area (Å²) in [5.41, 5.74) is 1.15. The molecule has 0 aliphatic heterocycles. The van der Waals surface area contributed by atoms with Gasteiger partial charge < -0.3 is 9.84 Å². The molecule has 1 aromatic rings. The van der Waals surface area contributed by atoms with E-state index in [-0.39, 0.29) is 12.0 Å². The number of aryl methyl sites for hydroxylation is 1. The van der Waals surface area contributed by atoms with Crippen LogP contribution in [-0.2, 0) is 0 Å². The van der Waals surface area contributed by atoms with Crippen molar-refractivity contribution < 1.29 is 9.84 Å². The van der Waals surface area contributed by atoms with E-state index in [0.717, 1.165) is 11.3 Å². The standard InChI is InChI=1S/C14H22O2.C2H6/c1-10-7-5-6-8-14(10)16-9-11(2)12(3)13(4)15;1-2/h5-8,11-13,15H,9H2,1-4H3;1-2H3. The van der Waals surface area contributed by atoms with Crippen molar-refractivity contribution in [3.05, 3.63) is 29.8 Å². The predicted molar refractivity (Wildman–Crippen MR) is 78.0 cm³/mol. The summed E-state index contributed by atoms with van der Waals surface area (Å²) in [6, 6.07) is 8.00. The molecule has 0 saturated carbocycles. The van der Waals surface area contributed by atoms with E-state index in [9.17, 15) is 5.11 Å². The van der Waals surface area contributed by atoms with Crippen LogP contribution in [0.25, 0.3) is 0 Å². The van der Waals surface area contributed by atoms with E-state index < -0.39 is 0 Å². The van der Waals surface area contributed by atoms with Crippen LogP contribution in [0.3, 0.4) is 0 Å². The molecule has 0 bridgehead atoms. The molecule has 1 aromatic carbocycles. The van der Waals surface area contributed by atoms with Crippen LogP contribution in [-0.4, -0.2) is 17.8 Å². The van der Waals surface area contributed by atoms with Crippen LogP contribution >= 0.6 is 0 Å². The molecule has 1 rings (SSSR count). The quantitative estimate of drug-likeness (QED) is 0.856. The average Bonchev–Trinajstić information content (AvgIpc) is 2.38. The molecule has 0 heterocycles. The topological polar surface area (TPSA) is 29.5 Å². The molecule has 2 heteroatoms. The normalized spacial score (nSPS) is 15.1. The number of benzene rings is 1. The van der Waals surface area contributed by atoms with Crippen molar-refractivity contribution in [3.63, 3.8) is 0 Å². The Morgan fingerprint density at radius 3 is 2.17 bits per heavy atom. The van der Waals surface area contributed by atoms with E-state index in [1.54, 1.807) is 0 Å². The highest BCUT2D eigenvalue weighted by atomic mass is 16.5. The number of hydrogen-bond donors (Lipinski definition) is 1. The summed E-state index contributed by atoms with van der Waals surface area (Å²) >= 11 is 0. The van der Waals surface area contributed by atoms with Gasteiger partial charge in [-0.3, -0.25) is 0 Å². The fourth-order valence-electron chi connectivity index (χ4n) is 1.57. The third kappa shape index (κ3) is 5.54. The Bertz CT molecular complexity index is 321. The first-order valence-electron chi connectivity index (χ1n) is 6.89. The summed E-state index contributed by atoms with van der Waals surface area (Å²) in [5.74, 6) is 1.54. The Kier molecular flexibility index (Phi) is 8.47. The Labute approximate surface area is 112 Å². The molecular weight excluding hydrogens is 224 g/mol. The number of ether oxygens (including phenoxy) is 1. The third-order valence-electron chi connectivity index (χ3n) is 3.25. The van der Waals surface area contributed by atoms with Gasteiger partial charge in [-0.2, -0.15) is 0 Å². The van der Waals surface area contributed by atoms with Crippen molar-refractivity contribution in [2.24, 2.45) is 11.8 Å². The second-order valence-electron chi connectivity index (χ2n) is 4.65. The van der Waals surface area contributed by atoms with Crippen LogP contribution in [0, 0.1) is 18.8 Å². The van der Waals surface area contributed by atoms with Crippen molar-refractivity contribution in [3.8, 4) is 5.75 Å². The third-order valence-corrected chi connectivity index (χ3v) is 3.25. The van der Waals surface area contributed by atoms with E-state index in [0.29, 0.717) is 12.5 Å². The average molecular weight is 252 g/mol. The molecule has 0 aliphatic rings. The van der Waals surface area contributed by atoms with Crippen LogP contribution in [0.4, 0.5) is 0 Å². The number of aliphatic hydroxyl groups excluding tert-OH is 1. The van der Waals surface area contributed by atoms with E-state index in [1.807, 2.05) is 52.0 Å². The highest BCUT2D eigenvalue weighted by Gasteiger charge is 2.17. The smallest absolute Gasteiger partial charge is 0.122 e. The van der Waals surface area contributed by atoms with E-state index in [2.05, 4.69) is 13.8 Å². The fourth-order valence-corrected chi connectivity index (χ4v) is 1.57. The van der Waals surface area contributed by atoms with Crippen LogP contribution in [0.15, 0.2) is 24.3 Å². The van der Waals surface area contributed by atoms with Crippen LogP contribution in [0.1, 0.15) is 40.2 Å². The second kappa shape index (κ2) is 8.98. The summed E-state index contributed by atoms with van der Waals surface area (Å²) in [6.45, 7) is 12.7. The van der Waals surface area contributed by atoms with Crippen molar-refractivity contribution in [2.75, 3.05) is 6.61 Å². The van der Waals surface area contributed by atoms with Gasteiger partial charge in [0.05, 0.1) is 12.7 Å². The molecule has 3 unspecified atom stereocenters. The molecule has 0 spiro atoms. The minimum atomic E-state index is -0.282. The van der Waals surface area contributed by atoms with Crippen molar-refractivity contribution >= 4 is 0 Å². The maximum Gasteiger partial charge on any atom is 0.122 e. The highest BCUT2D eigenvalue weighted by Crippen LogP contribution is 2.20. The first kappa shape index (κ1) is 17.0. The van der Waals surface area contributed by atoms with Gasteiger partial charge in [-0.15, -0.1) is 0 Å². The lowest BCUT2D eigenvalue weighted by atomic mass is 9.92. The van der Waals surface area contributed by atoms with Crippen LogP contribution < -0.4 is 4.74 Å². The first-order chi connectivity index (χ1) is 8.52. The Morgan fingerprint density at radius 2 is 1.67 bits per heavy atom. The van der Waals surface area contributed by atoms with Gasteiger partial charge in [0, 0.05) is 0 Å². The molecule has 0 saturated heterocycles. The molecule has 104 valence electrons. The molecule has 2 nitrogen and oxygen atoms in total. The summed E-state index contributed by atoms with van der Waals surface area (Å²) in [7, 11) is 0. The fraction of sp³-hybridized carbons (Fsp3) is 0.625. The zero-order valence-corrected chi connectivity index (χ0v) is 12.6. The molecule has 3 atom stereocenters. The van der Waals surface area contributed by atoms with Crippen LogP contribution in [0.2, 0.25) is 0 Å². The van der Waals surface area contributed by atoms with Crippen molar-refractivity contribution in [2.45, 2.75) is 47.6 Å². The van der Waals surface area contributed by atoms with Gasteiger partial charge in [-0.1, -0.05) is 45.9 Å². The van der Waals surface area contributed by atoms with Gasteiger partial charge in [-0.05, 0) is 37.3 Å². The van der Waals surface area contributed by atoms with E-state index >= 15 is 0 Å². The monoisotopic (exact) mass is 252 g/mol. The van der Waals surface area contributed by atoms with Gasteiger partial charge >= 0.3 is 0 Å². The second-order valence-corrected chi connectivity index (χ2v) is 4.65. The lowest BCUT2D eigenvalue weighted by Gasteiger charge is -2.23. The molecule has 0 radical (unpaired) electrons. The molecule has 18 heavy (non-hydrogen) atoms. The van der Waals surface area contributed by atoms with Crippen molar-refractivity contribution in [1.82, 2.24) is 0 Å². The first-order valence-corrected chi connectivity index (χ1v) is 6.89. The SMILES string of the molecule is CC.Cc1ccccc1OCC(C)C(C)C(C)O. The Morgan fingerprint density at radius 1 is 1.11 bits per heavy atom. The zero-order valence-electron chi connectivity index (χ0n) is 12.6. The van der Waals surface area contributed by atoms with E-state index in [4.69, 9.17) is 4.74 Å². The number of aliphatic hydroxyl groups is 1. The molecule has 0 aromatic heterocycles. The maximum atomic E-state index is 9.49. The number of rotatable bonds is 5. The minimum absolute atomic E-state index is 0.254. The summed E-state index contributed by atoms with van der Waals surface area (Å²) in [4.78, 5) is 0. The van der Waals surface area contributed by atoms with Crippen LogP contribution in [0.5, 0.6) is 5.75 Å². The van der Waals surface area contributed by atoms with Gasteiger partial charge in [0.2, 0.25) is 0 Å². The summed E-state index contributed by atoms with van der Waals surface area (Å²) in [6.07, 6.45) is -0.282. The number of para-hydroxylation sites is 1. The van der Waals surface area contributed by atoms with Gasteiger partial charge in [0.1, 0.15) is 5.75 Å². The van der Waals surface area contributed by atoms with E-state index in [1.165, 1.54) is 0 Å². The molecule has 0 amide bonds. The predicted octanol–water partition coefficient (Wildman–Crippen LogP) is 4.05. The highest BCUT2D eigenvalue weighted by molar-refractivity contribution is 5.31.